The summed E-state index contributed by atoms with van der Waals surface area (Å²) in [7, 11) is 1.82. The van der Waals surface area contributed by atoms with Crippen molar-refractivity contribution in [3.05, 3.63) is 29.6 Å². The molecule has 10 heteroatoms. The lowest BCUT2D eigenvalue weighted by atomic mass is 10.0. The maximum atomic E-state index is 12.0. The lowest BCUT2D eigenvalue weighted by Gasteiger charge is -2.22. The minimum absolute atomic E-state index is 0.101. The van der Waals surface area contributed by atoms with Crippen LogP contribution in [0.5, 0.6) is 0 Å². The standard InChI is InChI=1S/C22H31N7O3/c1-12(30)16-9-8-15-19(28-29(5)20(15)23-16)24-18-11-17(26-27-18)13-6-7-14(10-13)32-21(31)25-22(2,3)4/h8-9,11-14,30H,6-7,10H2,1-5H3,(H,25,31)(H2,24,26,27,28)/t12-,13-,14+/m0/s1. The van der Waals surface area contributed by atoms with Crippen LogP contribution in [0.25, 0.3) is 11.0 Å². The van der Waals surface area contributed by atoms with E-state index in [0.717, 1.165) is 30.3 Å². The van der Waals surface area contributed by atoms with Gasteiger partial charge in [0, 0.05) is 30.3 Å². The number of ether oxygens (including phenoxy) is 1. The van der Waals surface area contributed by atoms with Gasteiger partial charge in [0.15, 0.2) is 17.3 Å². The molecular formula is C22H31N7O3. The third-order valence-electron chi connectivity index (χ3n) is 5.56. The van der Waals surface area contributed by atoms with Crippen LogP contribution in [0.1, 0.15) is 70.4 Å². The number of aliphatic hydroxyl groups is 1. The lowest BCUT2D eigenvalue weighted by molar-refractivity contribution is 0.0936. The van der Waals surface area contributed by atoms with Crippen molar-refractivity contribution in [3.8, 4) is 0 Å². The SMILES string of the molecule is C[C@H](O)c1ccc2c(Nc3cc([C@H]4CC[C@@H](OC(=O)NC(C)(C)C)C4)[nH]n3)nn(C)c2n1. The molecule has 1 aliphatic rings. The fraction of sp³-hybridized carbons (Fsp3) is 0.545. The number of aliphatic hydroxyl groups excluding tert-OH is 1. The Kier molecular flexibility index (Phi) is 5.81. The van der Waals surface area contributed by atoms with Gasteiger partial charge in [0.05, 0.1) is 17.2 Å². The van der Waals surface area contributed by atoms with Gasteiger partial charge in [-0.15, -0.1) is 0 Å². The Morgan fingerprint density at radius 1 is 1.34 bits per heavy atom. The highest BCUT2D eigenvalue weighted by molar-refractivity contribution is 5.89. The molecular weight excluding hydrogens is 410 g/mol. The summed E-state index contributed by atoms with van der Waals surface area (Å²) in [5.74, 6) is 1.56. The molecule has 3 aromatic rings. The molecule has 1 aliphatic carbocycles. The maximum absolute atomic E-state index is 12.0. The molecule has 172 valence electrons. The van der Waals surface area contributed by atoms with E-state index in [2.05, 4.69) is 30.9 Å². The van der Waals surface area contributed by atoms with E-state index < -0.39 is 6.10 Å². The number of amides is 1. The maximum Gasteiger partial charge on any atom is 0.407 e. The zero-order valence-electron chi connectivity index (χ0n) is 19.1. The minimum Gasteiger partial charge on any atom is -0.446 e. The number of aromatic nitrogens is 5. The molecule has 3 heterocycles. The number of fused-ring (bicyclic) bond motifs is 1. The second kappa shape index (κ2) is 8.42. The Hall–Kier alpha value is -3.14. The summed E-state index contributed by atoms with van der Waals surface area (Å²) in [5.41, 5.74) is 1.97. The third kappa shape index (κ3) is 4.85. The molecule has 3 aromatic heterocycles. The monoisotopic (exact) mass is 441 g/mol. The average Bonchev–Trinajstić information content (AvgIpc) is 3.40. The number of carbonyl (C=O) groups is 1. The third-order valence-corrected chi connectivity index (χ3v) is 5.56. The number of aromatic amines is 1. The molecule has 1 saturated carbocycles. The van der Waals surface area contributed by atoms with E-state index in [0.29, 0.717) is 23.0 Å². The van der Waals surface area contributed by atoms with Crippen LogP contribution in [0, 0.1) is 0 Å². The zero-order chi connectivity index (χ0) is 23.0. The predicted octanol–water partition coefficient (Wildman–Crippen LogP) is 3.65. The second-order valence-corrected chi connectivity index (χ2v) is 9.50. The van der Waals surface area contributed by atoms with Crippen LogP contribution >= 0.6 is 0 Å². The second-order valence-electron chi connectivity index (χ2n) is 9.50. The largest absolute Gasteiger partial charge is 0.446 e. The molecule has 3 atom stereocenters. The summed E-state index contributed by atoms with van der Waals surface area (Å²) in [6, 6.07) is 5.67. The first-order chi connectivity index (χ1) is 15.1. The first kappa shape index (κ1) is 22.1. The smallest absolute Gasteiger partial charge is 0.407 e. The number of hydrogen-bond donors (Lipinski definition) is 4. The molecule has 4 N–H and O–H groups in total. The molecule has 4 rings (SSSR count). The number of hydrogen-bond acceptors (Lipinski definition) is 7. The fourth-order valence-corrected chi connectivity index (χ4v) is 4.02. The topological polar surface area (TPSA) is 130 Å². The summed E-state index contributed by atoms with van der Waals surface area (Å²) in [5, 5.41) is 28.7. The van der Waals surface area contributed by atoms with E-state index in [9.17, 15) is 9.90 Å². The molecule has 1 fully saturated rings. The Balaban J connectivity index is 1.41. The van der Waals surface area contributed by atoms with Crippen molar-refractivity contribution < 1.29 is 14.6 Å². The summed E-state index contributed by atoms with van der Waals surface area (Å²) in [6.45, 7) is 7.47. The van der Waals surface area contributed by atoms with Crippen molar-refractivity contribution in [2.24, 2.45) is 7.05 Å². The van der Waals surface area contributed by atoms with E-state index in [-0.39, 0.29) is 23.7 Å². The Morgan fingerprint density at radius 2 is 2.12 bits per heavy atom. The summed E-state index contributed by atoms with van der Waals surface area (Å²) in [6.07, 6.45) is 1.40. The quantitative estimate of drug-likeness (QED) is 0.475. The molecule has 0 unspecified atom stereocenters. The molecule has 0 aromatic carbocycles. The number of aryl methyl sites for hydroxylation is 1. The van der Waals surface area contributed by atoms with Gasteiger partial charge in [-0.25, -0.2) is 14.5 Å². The normalized spacial score (nSPS) is 19.8. The van der Waals surface area contributed by atoms with Crippen LogP contribution in [0.3, 0.4) is 0 Å². The van der Waals surface area contributed by atoms with Crippen molar-refractivity contribution in [3.63, 3.8) is 0 Å². The highest BCUT2D eigenvalue weighted by Crippen LogP contribution is 2.36. The number of pyridine rings is 1. The van der Waals surface area contributed by atoms with E-state index in [4.69, 9.17) is 4.74 Å². The van der Waals surface area contributed by atoms with Gasteiger partial charge in [-0.1, -0.05) is 0 Å². The van der Waals surface area contributed by atoms with Crippen molar-refractivity contribution in [1.82, 2.24) is 30.3 Å². The average molecular weight is 442 g/mol. The number of anilines is 2. The van der Waals surface area contributed by atoms with Crippen molar-refractivity contribution in [2.45, 2.75) is 70.6 Å². The van der Waals surface area contributed by atoms with Crippen molar-refractivity contribution >= 4 is 28.8 Å². The summed E-state index contributed by atoms with van der Waals surface area (Å²) < 4.78 is 7.26. The number of nitrogens with one attached hydrogen (secondary N) is 3. The van der Waals surface area contributed by atoms with Gasteiger partial charge < -0.3 is 20.5 Å². The zero-order valence-corrected chi connectivity index (χ0v) is 19.1. The molecule has 0 saturated heterocycles. The van der Waals surface area contributed by atoms with Crippen LogP contribution in [0.2, 0.25) is 0 Å². The summed E-state index contributed by atoms with van der Waals surface area (Å²) in [4.78, 5) is 16.5. The predicted molar refractivity (Wildman–Crippen MR) is 121 cm³/mol. The Labute approximate surface area is 186 Å². The Bertz CT molecular complexity index is 1110. The van der Waals surface area contributed by atoms with Gasteiger partial charge >= 0.3 is 6.09 Å². The fourth-order valence-electron chi connectivity index (χ4n) is 4.02. The van der Waals surface area contributed by atoms with Crippen molar-refractivity contribution in [2.75, 3.05) is 5.32 Å². The van der Waals surface area contributed by atoms with Crippen molar-refractivity contribution in [1.29, 1.82) is 0 Å². The van der Waals surface area contributed by atoms with Gasteiger partial charge in [0.1, 0.15) is 6.10 Å². The van der Waals surface area contributed by atoms with Gasteiger partial charge in [-0.05, 0) is 59.1 Å². The number of carbonyl (C=O) groups excluding carboxylic acids is 1. The molecule has 10 nitrogen and oxygen atoms in total. The highest BCUT2D eigenvalue weighted by atomic mass is 16.6. The van der Waals surface area contributed by atoms with Crippen LogP contribution in [-0.4, -0.2) is 47.8 Å². The lowest BCUT2D eigenvalue weighted by Crippen LogP contribution is -2.42. The van der Waals surface area contributed by atoms with E-state index in [1.807, 2.05) is 40.0 Å². The Morgan fingerprint density at radius 3 is 2.84 bits per heavy atom. The molecule has 0 aliphatic heterocycles. The van der Waals surface area contributed by atoms with Gasteiger partial charge in [-0.3, -0.25) is 5.10 Å². The first-order valence-corrected chi connectivity index (χ1v) is 10.9. The number of rotatable bonds is 5. The molecule has 0 radical (unpaired) electrons. The number of H-pyrrole nitrogens is 1. The minimum atomic E-state index is -0.640. The van der Waals surface area contributed by atoms with E-state index >= 15 is 0 Å². The molecule has 32 heavy (non-hydrogen) atoms. The van der Waals surface area contributed by atoms with Gasteiger partial charge in [0.2, 0.25) is 0 Å². The first-order valence-electron chi connectivity index (χ1n) is 10.9. The van der Waals surface area contributed by atoms with E-state index in [1.165, 1.54) is 0 Å². The van der Waals surface area contributed by atoms with Crippen LogP contribution < -0.4 is 10.6 Å². The molecule has 1 amide bonds. The van der Waals surface area contributed by atoms with Crippen LogP contribution in [0.4, 0.5) is 16.4 Å². The highest BCUT2D eigenvalue weighted by Gasteiger charge is 2.30. The number of nitrogens with zero attached hydrogens (tertiary/aromatic N) is 4. The molecule has 0 spiro atoms. The van der Waals surface area contributed by atoms with Gasteiger partial charge in [-0.2, -0.15) is 10.2 Å². The van der Waals surface area contributed by atoms with E-state index in [1.54, 1.807) is 17.7 Å². The number of alkyl carbamates (subject to hydrolysis) is 1. The summed E-state index contributed by atoms with van der Waals surface area (Å²) >= 11 is 0. The van der Waals surface area contributed by atoms with Crippen LogP contribution in [0.15, 0.2) is 18.2 Å². The molecule has 0 bridgehead atoms. The van der Waals surface area contributed by atoms with Gasteiger partial charge in [0.25, 0.3) is 0 Å². The van der Waals surface area contributed by atoms with Crippen LogP contribution in [-0.2, 0) is 11.8 Å².